The summed E-state index contributed by atoms with van der Waals surface area (Å²) < 4.78 is 1.68. The number of pyridine rings is 1. The monoisotopic (exact) mass is 425 g/mol. The summed E-state index contributed by atoms with van der Waals surface area (Å²) in [6, 6.07) is 9.98. The van der Waals surface area contributed by atoms with Gasteiger partial charge in [-0.15, -0.1) is 10.2 Å². The van der Waals surface area contributed by atoms with Gasteiger partial charge in [-0.25, -0.2) is 4.52 Å². The minimum atomic E-state index is -0.237. The number of nitrogens with one attached hydrogen (secondary N) is 2. The number of benzene rings is 1. The van der Waals surface area contributed by atoms with Gasteiger partial charge in [-0.3, -0.25) is 9.89 Å². The first-order chi connectivity index (χ1) is 15.7. The molecule has 0 bridgehead atoms. The number of rotatable bonds is 5. The maximum absolute atomic E-state index is 13.2. The molecule has 32 heavy (non-hydrogen) atoms. The lowest BCUT2D eigenvalue weighted by Crippen LogP contribution is -2.12. The van der Waals surface area contributed by atoms with Crippen LogP contribution in [0, 0.1) is 6.92 Å². The van der Waals surface area contributed by atoms with Gasteiger partial charge in [0.2, 0.25) is 5.82 Å². The molecule has 1 amide bonds. The van der Waals surface area contributed by atoms with Gasteiger partial charge in [-0.2, -0.15) is 15.0 Å². The number of H-pyrrole nitrogens is 1. The second kappa shape index (κ2) is 7.12. The summed E-state index contributed by atoms with van der Waals surface area (Å²) in [5, 5.41) is 26.9. The van der Waals surface area contributed by atoms with E-state index in [1.54, 1.807) is 21.7 Å². The highest BCUT2D eigenvalue weighted by Gasteiger charge is 2.26. The summed E-state index contributed by atoms with van der Waals surface area (Å²) in [5.41, 5.74) is 5.52. The second-order valence-electron chi connectivity index (χ2n) is 7.94. The topological polar surface area (TPSA) is 119 Å². The quantitative estimate of drug-likeness (QED) is 0.446. The summed E-state index contributed by atoms with van der Waals surface area (Å²) in [7, 11) is 0. The summed E-state index contributed by atoms with van der Waals surface area (Å²) in [5.74, 6) is 0.312. The summed E-state index contributed by atoms with van der Waals surface area (Å²) in [4.78, 5) is 14.8. The highest BCUT2D eigenvalue weighted by Crippen LogP contribution is 2.33. The van der Waals surface area contributed by atoms with Gasteiger partial charge >= 0.3 is 0 Å². The first kappa shape index (κ1) is 18.4. The van der Waals surface area contributed by atoms with E-state index in [2.05, 4.69) is 36.0 Å². The SMILES string of the molecule is Cc1ccc(-c2nnn(C3CC3)n2)cc1NC(=O)c1cnn2ccc(-c3cn[nH]c3)cc12. The number of carbonyl (C=O) groups is 1. The molecule has 4 heterocycles. The van der Waals surface area contributed by atoms with Crippen molar-refractivity contribution in [2.24, 2.45) is 0 Å². The first-order valence-electron chi connectivity index (χ1n) is 10.3. The van der Waals surface area contributed by atoms with Crippen LogP contribution >= 0.6 is 0 Å². The molecule has 5 aromatic rings. The van der Waals surface area contributed by atoms with Crippen LogP contribution in [0.15, 0.2) is 55.1 Å². The zero-order valence-electron chi connectivity index (χ0n) is 17.2. The summed E-state index contributed by atoms with van der Waals surface area (Å²) >= 11 is 0. The van der Waals surface area contributed by atoms with Crippen molar-refractivity contribution in [1.29, 1.82) is 0 Å². The maximum atomic E-state index is 13.2. The molecule has 158 valence electrons. The van der Waals surface area contributed by atoms with Gasteiger partial charge in [0.15, 0.2) is 0 Å². The van der Waals surface area contributed by atoms with Gasteiger partial charge in [0.05, 0.1) is 29.5 Å². The Kier molecular flexibility index (Phi) is 4.10. The van der Waals surface area contributed by atoms with Crippen molar-refractivity contribution in [3.8, 4) is 22.5 Å². The lowest BCUT2D eigenvalue weighted by atomic mass is 10.1. The largest absolute Gasteiger partial charge is 0.322 e. The Labute approximate surface area is 182 Å². The maximum Gasteiger partial charge on any atom is 0.259 e. The molecular formula is C22H19N9O. The van der Waals surface area contributed by atoms with E-state index in [4.69, 9.17) is 0 Å². The van der Waals surface area contributed by atoms with Crippen molar-refractivity contribution in [3.63, 3.8) is 0 Å². The van der Waals surface area contributed by atoms with Gasteiger partial charge in [0.1, 0.15) is 0 Å². The van der Waals surface area contributed by atoms with E-state index in [1.807, 2.05) is 49.6 Å². The molecular weight excluding hydrogens is 406 g/mol. The lowest BCUT2D eigenvalue weighted by molar-refractivity contribution is 0.102. The van der Waals surface area contributed by atoms with Crippen LogP contribution in [0.25, 0.3) is 28.0 Å². The van der Waals surface area contributed by atoms with Gasteiger partial charge in [0, 0.05) is 29.2 Å². The Hall–Kier alpha value is -4.34. The molecule has 1 aliphatic rings. The molecule has 1 fully saturated rings. The van der Waals surface area contributed by atoms with Gasteiger partial charge in [-0.1, -0.05) is 12.1 Å². The zero-order valence-corrected chi connectivity index (χ0v) is 17.2. The summed E-state index contributed by atoms with van der Waals surface area (Å²) in [6.07, 6.45) is 9.13. The molecule has 6 rings (SSSR count). The molecule has 0 unspecified atom stereocenters. The third kappa shape index (κ3) is 3.22. The van der Waals surface area contributed by atoms with Crippen LogP contribution in [0.5, 0.6) is 0 Å². The molecule has 0 radical (unpaired) electrons. The average Bonchev–Trinajstić information content (AvgIpc) is 3.22. The lowest BCUT2D eigenvalue weighted by Gasteiger charge is -2.09. The van der Waals surface area contributed by atoms with E-state index in [1.165, 1.54) is 0 Å². The van der Waals surface area contributed by atoms with Crippen LogP contribution in [-0.2, 0) is 0 Å². The van der Waals surface area contributed by atoms with Crippen molar-refractivity contribution < 1.29 is 4.79 Å². The molecule has 1 saturated carbocycles. The van der Waals surface area contributed by atoms with E-state index in [0.29, 0.717) is 28.6 Å². The molecule has 0 aliphatic heterocycles. The van der Waals surface area contributed by atoms with Gasteiger partial charge in [-0.05, 0) is 54.3 Å². The van der Waals surface area contributed by atoms with E-state index in [-0.39, 0.29) is 5.91 Å². The predicted molar refractivity (Wildman–Crippen MR) is 117 cm³/mol. The highest BCUT2D eigenvalue weighted by molar-refractivity contribution is 6.09. The molecule has 1 aromatic carbocycles. The van der Waals surface area contributed by atoms with E-state index in [9.17, 15) is 4.79 Å². The van der Waals surface area contributed by atoms with Crippen LogP contribution in [0.1, 0.15) is 34.8 Å². The number of hydrogen-bond acceptors (Lipinski definition) is 6. The number of anilines is 1. The fourth-order valence-electron chi connectivity index (χ4n) is 3.63. The van der Waals surface area contributed by atoms with Crippen LogP contribution in [0.2, 0.25) is 0 Å². The Morgan fingerprint density at radius 2 is 2.03 bits per heavy atom. The number of nitrogens with zero attached hydrogens (tertiary/aromatic N) is 7. The van der Waals surface area contributed by atoms with Crippen molar-refractivity contribution >= 4 is 17.1 Å². The number of aromatic amines is 1. The van der Waals surface area contributed by atoms with Crippen LogP contribution in [0.4, 0.5) is 5.69 Å². The molecule has 0 spiro atoms. The van der Waals surface area contributed by atoms with Gasteiger partial charge < -0.3 is 5.32 Å². The fraction of sp³-hybridized carbons (Fsp3) is 0.182. The average molecular weight is 425 g/mol. The molecule has 2 N–H and O–H groups in total. The van der Waals surface area contributed by atoms with Crippen molar-refractivity contribution in [3.05, 3.63) is 66.2 Å². The van der Waals surface area contributed by atoms with E-state index in [0.717, 1.165) is 35.1 Å². The molecule has 10 nitrogen and oxygen atoms in total. The number of tetrazole rings is 1. The van der Waals surface area contributed by atoms with E-state index >= 15 is 0 Å². The Morgan fingerprint density at radius 3 is 2.84 bits per heavy atom. The third-order valence-corrected chi connectivity index (χ3v) is 5.64. The second-order valence-corrected chi connectivity index (χ2v) is 7.94. The van der Waals surface area contributed by atoms with Gasteiger partial charge in [0.25, 0.3) is 5.91 Å². The molecule has 0 saturated heterocycles. The van der Waals surface area contributed by atoms with Crippen molar-refractivity contribution in [1.82, 2.24) is 40.0 Å². The van der Waals surface area contributed by atoms with Crippen molar-refractivity contribution in [2.45, 2.75) is 25.8 Å². The number of aromatic nitrogens is 8. The zero-order chi connectivity index (χ0) is 21.7. The number of carbonyl (C=O) groups excluding carboxylic acids is 1. The van der Waals surface area contributed by atoms with Crippen LogP contribution in [0.3, 0.4) is 0 Å². The number of aryl methyl sites for hydroxylation is 1. The standard InChI is InChI=1S/C22H19N9O/c1-13-2-3-15(21-27-29-31(28-21)17-4-5-17)8-19(13)26-22(32)18-12-25-30-7-6-14(9-20(18)30)16-10-23-24-11-16/h2-3,6-12,17H,4-5H2,1H3,(H,23,24)(H,26,32). The Balaban J connectivity index is 1.31. The Bertz CT molecular complexity index is 1440. The smallest absolute Gasteiger partial charge is 0.259 e. The normalized spacial score (nSPS) is 13.5. The predicted octanol–water partition coefficient (Wildman–Crippen LogP) is 3.27. The minimum absolute atomic E-state index is 0.237. The highest BCUT2D eigenvalue weighted by atomic mass is 16.1. The molecule has 10 heteroatoms. The molecule has 0 atom stereocenters. The minimum Gasteiger partial charge on any atom is -0.322 e. The van der Waals surface area contributed by atoms with Crippen molar-refractivity contribution in [2.75, 3.05) is 5.32 Å². The van der Waals surface area contributed by atoms with Crippen LogP contribution in [-0.4, -0.2) is 45.9 Å². The van der Waals surface area contributed by atoms with Crippen LogP contribution < -0.4 is 5.32 Å². The number of fused-ring (bicyclic) bond motifs is 1. The third-order valence-electron chi connectivity index (χ3n) is 5.64. The summed E-state index contributed by atoms with van der Waals surface area (Å²) in [6.45, 7) is 1.95. The Morgan fingerprint density at radius 1 is 1.12 bits per heavy atom. The fourth-order valence-corrected chi connectivity index (χ4v) is 3.63. The first-order valence-corrected chi connectivity index (χ1v) is 10.3. The number of hydrogen-bond donors (Lipinski definition) is 2. The molecule has 4 aromatic heterocycles. The number of amides is 1. The molecule has 1 aliphatic carbocycles. The van der Waals surface area contributed by atoms with E-state index < -0.39 is 0 Å².